The van der Waals surface area contributed by atoms with Gasteiger partial charge in [0.1, 0.15) is 0 Å². The first-order valence-electron chi connectivity index (χ1n) is 6.05. The van der Waals surface area contributed by atoms with E-state index in [1.165, 1.54) is 22.0 Å². The third kappa shape index (κ3) is 2.56. The van der Waals surface area contributed by atoms with Gasteiger partial charge < -0.3 is 9.84 Å². The molecule has 1 aliphatic rings. The average Bonchev–Trinajstić information content (AvgIpc) is 3.08. The maximum atomic E-state index is 5.33. The van der Waals surface area contributed by atoms with E-state index in [1.807, 2.05) is 12.1 Å². The van der Waals surface area contributed by atoms with E-state index in [1.54, 1.807) is 0 Å². The van der Waals surface area contributed by atoms with E-state index in [4.69, 9.17) is 4.52 Å². The van der Waals surface area contributed by atoms with Crippen LogP contribution in [0.1, 0.15) is 24.2 Å². The molecule has 4 nitrogen and oxygen atoms in total. The number of halogens is 1. The Morgan fingerprint density at radius 3 is 3.06 bits per heavy atom. The molecule has 2 aromatic rings. The zero-order valence-electron chi connectivity index (χ0n) is 10.1. The minimum Gasteiger partial charge on any atom is -0.334 e. The second kappa shape index (κ2) is 4.97. The monoisotopic (exact) mass is 355 g/mol. The first-order valence-corrected chi connectivity index (χ1v) is 7.13. The number of aryl methyl sites for hydroxylation is 1. The summed E-state index contributed by atoms with van der Waals surface area (Å²) in [6.07, 6.45) is 2.53. The summed E-state index contributed by atoms with van der Waals surface area (Å²) in [4.78, 5) is 4.44. The predicted molar refractivity (Wildman–Crippen MR) is 77.0 cm³/mol. The molecule has 1 N–H and O–H groups in total. The number of hydrogen-bond donors (Lipinski definition) is 1. The summed E-state index contributed by atoms with van der Waals surface area (Å²) >= 11 is 2.32. The molecule has 1 aromatic carbocycles. The summed E-state index contributed by atoms with van der Waals surface area (Å²) in [5, 5.41) is 7.39. The minimum absolute atomic E-state index is 0.607. The molecule has 0 spiro atoms. The van der Waals surface area contributed by atoms with Gasteiger partial charge in [0.15, 0.2) is 5.82 Å². The van der Waals surface area contributed by atoms with Crippen LogP contribution in [0.15, 0.2) is 22.7 Å². The molecule has 1 aromatic heterocycles. The van der Waals surface area contributed by atoms with Crippen molar-refractivity contribution in [2.45, 2.75) is 32.4 Å². The van der Waals surface area contributed by atoms with Crippen molar-refractivity contribution in [3.05, 3.63) is 33.2 Å². The van der Waals surface area contributed by atoms with Crippen LogP contribution in [-0.2, 0) is 6.54 Å². The maximum Gasteiger partial charge on any atom is 0.259 e. The molecule has 0 amide bonds. The third-order valence-corrected chi connectivity index (χ3v) is 4.45. The number of hydrogen-bond acceptors (Lipinski definition) is 4. The molecule has 94 valence electrons. The van der Waals surface area contributed by atoms with Crippen LogP contribution >= 0.6 is 22.6 Å². The SMILES string of the molecule is Cc1cccc(-c2nc(CNC3CC3)no2)c1I. The lowest BCUT2D eigenvalue weighted by Crippen LogP contribution is -2.16. The summed E-state index contributed by atoms with van der Waals surface area (Å²) < 4.78 is 6.50. The fourth-order valence-corrected chi connectivity index (χ4v) is 2.36. The summed E-state index contributed by atoms with van der Waals surface area (Å²) in [6, 6.07) is 6.77. The molecular weight excluding hydrogens is 341 g/mol. The average molecular weight is 355 g/mol. The Morgan fingerprint density at radius 2 is 2.28 bits per heavy atom. The molecule has 5 heteroatoms. The first kappa shape index (κ1) is 12.1. The highest BCUT2D eigenvalue weighted by Crippen LogP contribution is 2.26. The standard InChI is InChI=1S/C13H14IN3O/c1-8-3-2-4-10(12(8)14)13-16-11(17-18-13)7-15-9-5-6-9/h2-4,9,15H,5-7H2,1H3. The Bertz CT molecular complexity index is 563. The van der Waals surface area contributed by atoms with Crippen molar-refractivity contribution in [1.82, 2.24) is 15.5 Å². The Labute approximate surface area is 119 Å². The molecule has 1 saturated carbocycles. The van der Waals surface area contributed by atoms with Crippen molar-refractivity contribution in [3.8, 4) is 11.5 Å². The molecule has 1 aliphatic carbocycles. The molecule has 0 unspecified atom stereocenters. The highest BCUT2D eigenvalue weighted by Gasteiger charge is 2.21. The lowest BCUT2D eigenvalue weighted by Gasteiger charge is -2.01. The normalized spacial score (nSPS) is 15.0. The molecule has 0 atom stereocenters. The van der Waals surface area contributed by atoms with E-state index < -0.39 is 0 Å². The van der Waals surface area contributed by atoms with E-state index >= 15 is 0 Å². The van der Waals surface area contributed by atoms with Gasteiger partial charge in [0.05, 0.1) is 12.1 Å². The van der Waals surface area contributed by atoms with Crippen LogP contribution in [-0.4, -0.2) is 16.2 Å². The van der Waals surface area contributed by atoms with E-state index in [-0.39, 0.29) is 0 Å². The van der Waals surface area contributed by atoms with Gasteiger partial charge in [0.2, 0.25) is 0 Å². The number of benzene rings is 1. The van der Waals surface area contributed by atoms with Gasteiger partial charge >= 0.3 is 0 Å². The molecule has 3 rings (SSSR count). The smallest absolute Gasteiger partial charge is 0.259 e. The Balaban J connectivity index is 1.80. The second-order valence-electron chi connectivity index (χ2n) is 4.61. The largest absolute Gasteiger partial charge is 0.334 e. The van der Waals surface area contributed by atoms with Crippen molar-refractivity contribution in [2.75, 3.05) is 0 Å². The van der Waals surface area contributed by atoms with Crippen LogP contribution in [0.2, 0.25) is 0 Å². The van der Waals surface area contributed by atoms with E-state index in [9.17, 15) is 0 Å². The van der Waals surface area contributed by atoms with Gasteiger partial charge in [0, 0.05) is 9.61 Å². The predicted octanol–water partition coefficient (Wildman–Crippen LogP) is 2.90. The fraction of sp³-hybridized carbons (Fsp3) is 0.385. The first-order chi connectivity index (χ1) is 8.74. The molecule has 1 heterocycles. The van der Waals surface area contributed by atoms with Crippen LogP contribution in [0, 0.1) is 10.5 Å². The maximum absolute atomic E-state index is 5.33. The van der Waals surface area contributed by atoms with Crippen LogP contribution in [0.4, 0.5) is 0 Å². The zero-order valence-corrected chi connectivity index (χ0v) is 12.3. The van der Waals surface area contributed by atoms with E-state index in [0.717, 1.165) is 11.4 Å². The highest BCUT2D eigenvalue weighted by molar-refractivity contribution is 14.1. The van der Waals surface area contributed by atoms with Crippen molar-refractivity contribution < 1.29 is 4.52 Å². The van der Waals surface area contributed by atoms with Gasteiger partial charge in [-0.3, -0.25) is 0 Å². The third-order valence-electron chi connectivity index (χ3n) is 3.02. The topological polar surface area (TPSA) is 51.0 Å². The zero-order chi connectivity index (χ0) is 12.5. The van der Waals surface area contributed by atoms with Crippen molar-refractivity contribution >= 4 is 22.6 Å². The lowest BCUT2D eigenvalue weighted by molar-refractivity contribution is 0.419. The quantitative estimate of drug-likeness (QED) is 0.857. The van der Waals surface area contributed by atoms with Gasteiger partial charge in [0.25, 0.3) is 5.89 Å². The molecule has 0 radical (unpaired) electrons. The molecule has 0 bridgehead atoms. The summed E-state index contributed by atoms with van der Waals surface area (Å²) in [5.74, 6) is 1.34. The van der Waals surface area contributed by atoms with E-state index in [2.05, 4.69) is 51.0 Å². The van der Waals surface area contributed by atoms with Crippen molar-refractivity contribution in [1.29, 1.82) is 0 Å². The number of nitrogens with zero attached hydrogens (tertiary/aromatic N) is 2. The Kier molecular flexibility index (Phi) is 3.34. The summed E-state index contributed by atoms with van der Waals surface area (Å²) in [7, 11) is 0. The van der Waals surface area contributed by atoms with Crippen molar-refractivity contribution in [2.24, 2.45) is 0 Å². The van der Waals surface area contributed by atoms with Crippen LogP contribution in [0.5, 0.6) is 0 Å². The molecule has 18 heavy (non-hydrogen) atoms. The van der Waals surface area contributed by atoms with Crippen LogP contribution < -0.4 is 5.32 Å². The van der Waals surface area contributed by atoms with Gasteiger partial charge in [-0.05, 0) is 54.0 Å². The molecule has 0 saturated heterocycles. The minimum atomic E-state index is 0.607. The molecule has 1 fully saturated rings. The van der Waals surface area contributed by atoms with E-state index in [0.29, 0.717) is 18.5 Å². The van der Waals surface area contributed by atoms with Crippen LogP contribution in [0.3, 0.4) is 0 Å². The van der Waals surface area contributed by atoms with Gasteiger partial charge in [-0.2, -0.15) is 4.98 Å². The van der Waals surface area contributed by atoms with Gasteiger partial charge in [-0.25, -0.2) is 0 Å². The van der Waals surface area contributed by atoms with Gasteiger partial charge in [-0.15, -0.1) is 0 Å². The number of nitrogens with one attached hydrogen (secondary N) is 1. The second-order valence-corrected chi connectivity index (χ2v) is 5.69. The number of aromatic nitrogens is 2. The van der Waals surface area contributed by atoms with Crippen LogP contribution in [0.25, 0.3) is 11.5 Å². The van der Waals surface area contributed by atoms with Gasteiger partial charge in [-0.1, -0.05) is 17.3 Å². The summed E-state index contributed by atoms with van der Waals surface area (Å²) in [6.45, 7) is 2.77. The Hall–Kier alpha value is -0.950. The Morgan fingerprint density at radius 1 is 1.44 bits per heavy atom. The van der Waals surface area contributed by atoms with Crippen molar-refractivity contribution in [3.63, 3.8) is 0 Å². The lowest BCUT2D eigenvalue weighted by atomic mass is 10.1. The highest BCUT2D eigenvalue weighted by atomic mass is 127. The number of rotatable bonds is 4. The molecular formula is C13H14IN3O. The fourth-order valence-electron chi connectivity index (χ4n) is 1.77. The molecule has 0 aliphatic heterocycles. The summed E-state index contributed by atoms with van der Waals surface area (Å²) in [5.41, 5.74) is 2.24.